The number of hydrogen-bond acceptors (Lipinski definition) is 5. The minimum Gasteiger partial charge on any atom is -0.286 e. The first kappa shape index (κ1) is 19.8. The van der Waals surface area contributed by atoms with E-state index >= 15 is 0 Å². The van der Waals surface area contributed by atoms with Gasteiger partial charge in [-0.15, -0.1) is 11.3 Å². The van der Waals surface area contributed by atoms with Gasteiger partial charge in [-0.25, -0.2) is 10.4 Å². The Morgan fingerprint density at radius 3 is 3.10 bits per heavy atom. The zero-order valence-corrected chi connectivity index (χ0v) is 17.8. The molecular weight excluding hydrogens is 408 g/mol. The van der Waals surface area contributed by atoms with Crippen LogP contribution in [0.3, 0.4) is 0 Å². The molecule has 2 aromatic heterocycles. The molecule has 29 heavy (non-hydrogen) atoms. The number of hydrogen-bond donors (Lipinski definition) is 1. The van der Waals surface area contributed by atoms with Gasteiger partial charge in [0.05, 0.1) is 17.9 Å². The fourth-order valence-electron chi connectivity index (χ4n) is 3.60. The van der Waals surface area contributed by atoms with Crippen LogP contribution in [-0.2, 0) is 17.6 Å². The van der Waals surface area contributed by atoms with E-state index in [1.54, 1.807) is 36.5 Å². The molecule has 0 spiro atoms. The van der Waals surface area contributed by atoms with Crippen molar-refractivity contribution in [2.45, 2.75) is 39.2 Å². The number of nitrogens with zero attached hydrogens (tertiary/aromatic N) is 3. The zero-order valence-electron chi connectivity index (χ0n) is 16.2. The molecule has 3 aromatic rings. The Balaban J connectivity index is 1.56. The zero-order chi connectivity index (χ0) is 20.5. The van der Waals surface area contributed by atoms with E-state index in [1.807, 2.05) is 6.07 Å². The monoisotopic (exact) mass is 428 g/mol. The third-order valence-corrected chi connectivity index (χ3v) is 6.67. The van der Waals surface area contributed by atoms with Crippen LogP contribution in [0.5, 0.6) is 0 Å². The first-order valence-electron chi connectivity index (χ1n) is 9.54. The highest BCUT2D eigenvalue weighted by Crippen LogP contribution is 2.35. The second-order valence-corrected chi connectivity index (χ2v) is 8.97. The fourth-order valence-corrected chi connectivity index (χ4v) is 5.14. The number of fused-ring (bicyclic) bond motifs is 3. The van der Waals surface area contributed by atoms with Gasteiger partial charge in [0, 0.05) is 9.90 Å². The highest BCUT2D eigenvalue weighted by Gasteiger charge is 2.25. The van der Waals surface area contributed by atoms with Crippen molar-refractivity contribution < 1.29 is 4.79 Å². The molecule has 150 valence electrons. The van der Waals surface area contributed by atoms with Crippen molar-refractivity contribution in [1.82, 2.24) is 15.0 Å². The topological polar surface area (TPSA) is 76.3 Å². The lowest BCUT2D eigenvalue weighted by Gasteiger charge is -2.18. The summed E-state index contributed by atoms with van der Waals surface area (Å²) in [7, 11) is 0. The number of amides is 1. The standard InChI is InChI=1S/C21H21ClN4O2S/c1-12-6-7-16-17(8-12)29-20-18(16)21(28)26(11-23-20)13(2)19(27)25-24-10-14-4-3-5-15(22)9-14/h3-5,9-13H,6-8H2,1-2H3,(H,25,27). The molecule has 4 rings (SSSR count). The molecule has 0 radical (unpaired) electrons. The second kappa shape index (κ2) is 8.08. The Hall–Kier alpha value is -2.51. The van der Waals surface area contributed by atoms with Crippen LogP contribution in [0, 0.1) is 5.92 Å². The SMILES string of the molecule is CC1CCc2c(sc3ncn(C(C)C(=O)NN=Cc4cccc(Cl)c4)c(=O)c23)C1. The van der Waals surface area contributed by atoms with Crippen molar-refractivity contribution in [3.63, 3.8) is 0 Å². The number of thiophene rings is 1. The maximum atomic E-state index is 13.1. The molecule has 1 amide bonds. The van der Waals surface area contributed by atoms with E-state index in [1.165, 1.54) is 22.0 Å². The van der Waals surface area contributed by atoms with Crippen molar-refractivity contribution in [3.8, 4) is 0 Å². The third-order valence-electron chi connectivity index (χ3n) is 5.27. The summed E-state index contributed by atoms with van der Waals surface area (Å²) in [5.74, 6) is 0.240. The van der Waals surface area contributed by atoms with E-state index in [9.17, 15) is 9.59 Å². The maximum absolute atomic E-state index is 13.1. The number of hydrazone groups is 1. The summed E-state index contributed by atoms with van der Waals surface area (Å²) in [4.78, 5) is 32.1. The van der Waals surface area contributed by atoms with Crippen molar-refractivity contribution in [2.24, 2.45) is 11.0 Å². The van der Waals surface area contributed by atoms with Crippen LogP contribution in [0.4, 0.5) is 0 Å². The Kier molecular flexibility index (Phi) is 5.52. The van der Waals surface area contributed by atoms with Crippen LogP contribution in [0.25, 0.3) is 10.2 Å². The fraction of sp³-hybridized carbons (Fsp3) is 0.333. The number of rotatable bonds is 4. The summed E-state index contributed by atoms with van der Waals surface area (Å²) in [6.07, 6.45) is 5.92. The van der Waals surface area contributed by atoms with Gasteiger partial charge in [-0.2, -0.15) is 5.10 Å². The predicted octanol–water partition coefficient (Wildman–Crippen LogP) is 3.95. The van der Waals surface area contributed by atoms with E-state index in [0.717, 1.165) is 35.2 Å². The summed E-state index contributed by atoms with van der Waals surface area (Å²) in [6.45, 7) is 3.90. The van der Waals surface area contributed by atoms with E-state index in [-0.39, 0.29) is 11.5 Å². The number of halogens is 1. The molecule has 0 saturated heterocycles. The Bertz CT molecular complexity index is 1170. The van der Waals surface area contributed by atoms with Crippen LogP contribution in [-0.4, -0.2) is 21.7 Å². The minimum absolute atomic E-state index is 0.163. The van der Waals surface area contributed by atoms with Crippen molar-refractivity contribution in [3.05, 3.63) is 62.0 Å². The molecule has 0 fully saturated rings. The average Bonchev–Trinajstić information content (AvgIpc) is 3.06. The second-order valence-electron chi connectivity index (χ2n) is 7.45. The van der Waals surface area contributed by atoms with Gasteiger partial charge in [0.25, 0.3) is 11.5 Å². The van der Waals surface area contributed by atoms with Crippen molar-refractivity contribution in [2.75, 3.05) is 0 Å². The number of carbonyl (C=O) groups is 1. The van der Waals surface area contributed by atoms with E-state index in [2.05, 4.69) is 22.4 Å². The molecule has 0 saturated carbocycles. The number of aromatic nitrogens is 2. The summed E-state index contributed by atoms with van der Waals surface area (Å²) >= 11 is 7.54. The summed E-state index contributed by atoms with van der Waals surface area (Å²) in [5, 5.41) is 5.23. The van der Waals surface area contributed by atoms with Gasteiger partial charge in [-0.3, -0.25) is 14.2 Å². The van der Waals surface area contributed by atoms with Crippen LogP contribution < -0.4 is 11.0 Å². The van der Waals surface area contributed by atoms with Gasteiger partial charge in [-0.1, -0.05) is 30.7 Å². The number of aryl methyl sites for hydroxylation is 1. The van der Waals surface area contributed by atoms with Gasteiger partial charge >= 0.3 is 0 Å². The lowest BCUT2D eigenvalue weighted by Crippen LogP contribution is -2.34. The van der Waals surface area contributed by atoms with Gasteiger partial charge < -0.3 is 0 Å². The quantitative estimate of drug-likeness (QED) is 0.505. The molecule has 6 nitrogen and oxygen atoms in total. The average molecular weight is 429 g/mol. The van der Waals surface area contributed by atoms with Gasteiger partial charge in [-0.05, 0) is 55.4 Å². The van der Waals surface area contributed by atoms with E-state index < -0.39 is 6.04 Å². The predicted molar refractivity (Wildman–Crippen MR) is 117 cm³/mol. The van der Waals surface area contributed by atoms with Gasteiger partial charge in [0.1, 0.15) is 10.9 Å². The van der Waals surface area contributed by atoms with Crippen LogP contribution >= 0.6 is 22.9 Å². The molecule has 1 aliphatic rings. The highest BCUT2D eigenvalue weighted by atomic mass is 35.5. The molecule has 2 heterocycles. The number of carbonyl (C=O) groups excluding carboxylic acids is 1. The maximum Gasteiger partial charge on any atom is 0.263 e. The molecule has 0 bridgehead atoms. The largest absolute Gasteiger partial charge is 0.286 e. The van der Waals surface area contributed by atoms with Gasteiger partial charge in [0.2, 0.25) is 0 Å². The smallest absolute Gasteiger partial charge is 0.263 e. The summed E-state index contributed by atoms with van der Waals surface area (Å²) in [5.41, 5.74) is 4.21. The third kappa shape index (κ3) is 3.97. The summed E-state index contributed by atoms with van der Waals surface area (Å²) in [6, 6.07) is 6.40. The first-order chi connectivity index (χ1) is 13.9. The lowest BCUT2D eigenvalue weighted by atomic mass is 9.89. The van der Waals surface area contributed by atoms with Crippen molar-refractivity contribution in [1.29, 1.82) is 0 Å². The molecule has 2 atom stereocenters. The minimum atomic E-state index is -0.728. The molecule has 1 N–H and O–H groups in total. The van der Waals surface area contributed by atoms with Crippen LogP contribution in [0.15, 0.2) is 40.5 Å². The highest BCUT2D eigenvalue weighted by molar-refractivity contribution is 7.18. The molecule has 2 unspecified atom stereocenters. The van der Waals surface area contributed by atoms with Crippen molar-refractivity contribution >= 4 is 45.3 Å². The van der Waals surface area contributed by atoms with E-state index in [0.29, 0.717) is 16.3 Å². The van der Waals surface area contributed by atoms with Crippen LogP contribution in [0.2, 0.25) is 5.02 Å². The number of benzene rings is 1. The Labute approximate surface area is 177 Å². The normalized spacial score (nSPS) is 17.4. The van der Waals surface area contributed by atoms with E-state index in [4.69, 9.17) is 11.6 Å². The molecule has 0 aliphatic heterocycles. The van der Waals surface area contributed by atoms with Crippen LogP contribution in [0.1, 0.15) is 42.3 Å². The number of nitrogens with one attached hydrogen (secondary N) is 1. The van der Waals surface area contributed by atoms with Gasteiger partial charge in [0.15, 0.2) is 0 Å². The Morgan fingerprint density at radius 2 is 2.31 bits per heavy atom. The first-order valence-corrected chi connectivity index (χ1v) is 10.7. The molecule has 1 aliphatic carbocycles. The molecule has 1 aromatic carbocycles. The Morgan fingerprint density at radius 1 is 1.48 bits per heavy atom. The summed E-state index contributed by atoms with van der Waals surface area (Å²) < 4.78 is 1.39. The lowest BCUT2D eigenvalue weighted by molar-refractivity contribution is -0.123. The molecular formula is C21H21ClN4O2S. The molecule has 8 heteroatoms.